The van der Waals surface area contributed by atoms with Gasteiger partial charge in [0.2, 0.25) is 5.69 Å². The molecular formula is C58H41Cl8F24N9O3. The average molecular weight is 1650 g/mol. The Morgan fingerprint density at radius 1 is 0.382 bits per heavy atom. The topological polar surface area (TPSA) is 169 Å². The summed E-state index contributed by atoms with van der Waals surface area (Å²) in [4.78, 5) is 17.0. The third kappa shape index (κ3) is 30.2. The maximum atomic E-state index is 12.4. The van der Waals surface area contributed by atoms with Crippen molar-refractivity contribution in [2.24, 2.45) is 0 Å². The van der Waals surface area contributed by atoms with E-state index < -0.39 is 99.6 Å². The SMILES string of the molecule is CCc1c(C(F)(F)F)ccc(Cl)[n+]1[O-].CCc1nc(Cl)ccc1C(F)(F)F.Cc1cc(C(F)(F)F)c(C#N)nc1Cl.Cc1cc(C(F)(F)F)c[n+]([O-])c1Cl.Cc1cc(C(F)(F)F)cnc1Cl.Cc1cc(Cl)[n+]([O-])cc1C(F)(F)F.Cc1cc(Cl)ncc1C(F)(F)F.FC(F)(F)c1ccc(Cl)nc1. The Labute approximate surface area is 600 Å². The number of nitriles is 1. The van der Waals surface area contributed by atoms with Gasteiger partial charge in [-0.05, 0) is 153 Å². The van der Waals surface area contributed by atoms with Crippen molar-refractivity contribution in [1.82, 2.24) is 24.9 Å². The maximum absolute atomic E-state index is 12.4. The Morgan fingerprint density at radius 3 is 1.25 bits per heavy atom. The molecule has 102 heavy (non-hydrogen) atoms. The minimum Gasteiger partial charge on any atom is -0.618 e. The van der Waals surface area contributed by atoms with Crippen LogP contribution in [0.5, 0.6) is 0 Å². The predicted molar refractivity (Wildman–Crippen MR) is 325 cm³/mol. The van der Waals surface area contributed by atoms with Gasteiger partial charge in [-0.3, -0.25) is 0 Å². The van der Waals surface area contributed by atoms with Crippen LogP contribution in [0.3, 0.4) is 0 Å². The highest BCUT2D eigenvalue weighted by molar-refractivity contribution is 6.31. The fourth-order valence-electron chi connectivity index (χ4n) is 6.86. The van der Waals surface area contributed by atoms with Crippen LogP contribution in [0.15, 0.2) is 97.7 Å². The van der Waals surface area contributed by atoms with Crippen LogP contribution in [-0.4, -0.2) is 24.9 Å². The first kappa shape index (κ1) is 92.7. The lowest BCUT2D eigenvalue weighted by atomic mass is 10.1. The molecule has 0 spiro atoms. The molecule has 0 aliphatic rings. The van der Waals surface area contributed by atoms with Gasteiger partial charge in [0.15, 0.2) is 18.1 Å². The summed E-state index contributed by atoms with van der Waals surface area (Å²) in [6.07, 6.45) is -32.3. The Morgan fingerprint density at radius 2 is 0.833 bits per heavy atom. The number of hydrogen-bond acceptors (Lipinski definition) is 9. The highest BCUT2D eigenvalue weighted by atomic mass is 35.5. The Hall–Kier alpha value is -7.27. The highest BCUT2D eigenvalue weighted by Crippen LogP contribution is 2.38. The summed E-state index contributed by atoms with van der Waals surface area (Å²) < 4.78 is 292. The van der Waals surface area contributed by atoms with Crippen molar-refractivity contribution in [1.29, 1.82) is 5.26 Å². The van der Waals surface area contributed by atoms with E-state index in [0.717, 1.165) is 73.1 Å². The van der Waals surface area contributed by atoms with Crippen LogP contribution in [0.4, 0.5) is 105 Å². The van der Waals surface area contributed by atoms with Gasteiger partial charge in [0.25, 0.3) is 15.5 Å². The van der Waals surface area contributed by atoms with E-state index >= 15 is 0 Å². The van der Waals surface area contributed by atoms with Gasteiger partial charge in [-0.25, -0.2) is 24.9 Å². The quantitative estimate of drug-likeness (QED) is 0.0707. The molecule has 0 fully saturated rings. The molecule has 560 valence electrons. The molecule has 0 radical (unpaired) electrons. The van der Waals surface area contributed by atoms with E-state index in [2.05, 4.69) is 24.9 Å². The van der Waals surface area contributed by atoms with Crippen molar-refractivity contribution in [2.75, 3.05) is 0 Å². The fraction of sp³-hybridized carbons (Fsp3) is 0.293. The highest BCUT2D eigenvalue weighted by Gasteiger charge is 2.40. The van der Waals surface area contributed by atoms with Crippen molar-refractivity contribution >= 4 is 92.8 Å². The van der Waals surface area contributed by atoms with Crippen LogP contribution in [0.2, 0.25) is 41.2 Å². The number of aryl methyl sites for hydroxylation is 6. The average Bonchev–Trinajstić information content (AvgIpc) is 0.823. The molecule has 0 N–H and O–H groups in total. The van der Waals surface area contributed by atoms with Gasteiger partial charge in [0.1, 0.15) is 48.5 Å². The molecular weight excluding hydrogens is 1610 g/mol. The Balaban J connectivity index is 0.000000583. The maximum Gasteiger partial charge on any atom is 0.422 e. The zero-order chi connectivity index (χ0) is 79.6. The van der Waals surface area contributed by atoms with E-state index in [4.69, 9.17) is 98.1 Å². The second-order valence-electron chi connectivity index (χ2n) is 19.3. The predicted octanol–water partition coefficient (Wildman–Crippen LogP) is 22.3. The summed E-state index contributed by atoms with van der Waals surface area (Å²) in [5.74, 6) is 0. The van der Waals surface area contributed by atoms with Crippen molar-refractivity contribution < 1.29 is 120 Å². The van der Waals surface area contributed by atoms with E-state index in [-0.39, 0.29) is 102 Å². The molecule has 8 aromatic heterocycles. The Bertz CT molecular complexity index is 4130. The largest absolute Gasteiger partial charge is 0.618 e. The smallest absolute Gasteiger partial charge is 0.422 e. The normalized spacial score (nSPS) is 11.7. The standard InChI is InChI=1S/C8H4ClF3N2.C8H7ClF3NO.C8H7ClF3N.2C7H5ClF3NO.2C7H5ClF3N.C6H3ClF3N/c1-4-2-5(8(10,11)12)6(3-13)14-7(4)9;1-2-6-5(8(10,11)12)3-4-7(9)13(6)14;1-2-6-5(8(10,11)12)3-4-7(9)13-6;1-4-2-6(8)12(13)3-5(4)7(9,10)11;1-4-2-5(7(9,10)11)3-12(13)6(4)8;1-4-2-6(8)12-3-5(4)7(9,10)11;1-4-2-5(7(9,10)11)3-12-6(4)8;7-5-2-1-4(3-11-5)6(8,9)10/h2H,1H3;3-4H,2H2,1H3;3-4H,2H2,1H3;2*2-3H,1H3;2*2-3H,1H3;1-3H. The van der Waals surface area contributed by atoms with Gasteiger partial charge in [-0.2, -0.15) is 125 Å². The molecule has 0 atom stereocenters. The van der Waals surface area contributed by atoms with Gasteiger partial charge in [0, 0.05) is 42.7 Å². The molecule has 8 heterocycles. The molecule has 0 saturated carbocycles. The van der Waals surface area contributed by atoms with E-state index in [1.165, 1.54) is 53.7 Å². The van der Waals surface area contributed by atoms with E-state index in [0.29, 0.717) is 24.2 Å². The lowest BCUT2D eigenvalue weighted by Gasteiger charge is -2.11. The molecule has 0 saturated heterocycles. The molecule has 8 aromatic rings. The molecule has 0 aromatic carbocycles. The molecule has 0 unspecified atom stereocenters. The minimum atomic E-state index is -4.58. The molecule has 0 aliphatic heterocycles. The van der Waals surface area contributed by atoms with E-state index in [1.807, 2.05) is 0 Å². The Kier molecular flexibility index (Phi) is 34.5. The second kappa shape index (κ2) is 38.0. The minimum absolute atomic E-state index is 0.000285. The number of alkyl halides is 24. The summed E-state index contributed by atoms with van der Waals surface area (Å²) >= 11 is 43.2. The number of hydrogen-bond donors (Lipinski definition) is 0. The van der Waals surface area contributed by atoms with E-state index in [9.17, 15) is 121 Å². The van der Waals surface area contributed by atoms with Crippen LogP contribution in [0, 0.1) is 61.6 Å². The third-order valence-electron chi connectivity index (χ3n) is 11.7. The summed E-state index contributed by atoms with van der Waals surface area (Å²) in [7, 11) is 0. The van der Waals surface area contributed by atoms with Crippen molar-refractivity contribution in [3.05, 3.63) is 244 Å². The van der Waals surface area contributed by atoms with Crippen LogP contribution >= 0.6 is 92.8 Å². The number of halogens is 32. The molecule has 0 aliphatic carbocycles. The lowest BCUT2D eigenvalue weighted by molar-refractivity contribution is -0.612. The first-order valence-electron chi connectivity index (χ1n) is 26.5. The zero-order valence-corrected chi connectivity index (χ0v) is 57.5. The summed E-state index contributed by atoms with van der Waals surface area (Å²) in [5, 5.41) is 40.5. The fourth-order valence-corrected chi connectivity index (χ4v) is 8.07. The number of pyridine rings is 8. The summed E-state index contributed by atoms with van der Waals surface area (Å²) in [5.41, 5.74) is -7.39. The number of rotatable bonds is 2. The van der Waals surface area contributed by atoms with Crippen molar-refractivity contribution in [2.45, 2.75) is 111 Å². The molecule has 8 rings (SSSR count). The lowest BCUT2D eigenvalue weighted by Crippen LogP contribution is -2.36. The first-order chi connectivity index (χ1) is 46.1. The third-order valence-corrected chi connectivity index (χ3v) is 14.1. The van der Waals surface area contributed by atoms with Crippen LogP contribution in [-0.2, 0) is 62.3 Å². The molecule has 0 bridgehead atoms. The van der Waals surface area contributed by atoms with E-state index in [1.54, 1.807) is 6.92 Å². The van der Waals surface area contributed by atoms with Gasteiger partial charge in [-0.15, -0.1) is 0 Å². The number of nitrogens with zero attached hydrogens (tertiary/aromatic N) is 9. The van der Waals surface area contributed by atoms with Gasteiger partial charge >= 0.3 is 49.4 Å². The zero-order valence-electron chi connectivity index (χ0n) is 51.5. The van der Waals surface area contributed by atoms with Crippen molar-refractivity contribution in [3.63, 3.8) is 0 Å². The van der Waals surface area contributed by atoms with Gasteiger partial charge in [-0.1, -0.05) is 71.9 Å². The molecule has 12 nitrogen and oxygen atoms in total. The monoisotopic (exact) mass is 1650 g/mol. The first-order valence-corrected chi connectivity index (χ1v) is 29.5. The van der Waals surface area contributed by atoms with Gasteiger partial charge < -0.3 is 15.6 Å². The van der Waals surface area contributed by atoms with Gasteiger partial charge in [0.05, 0.1) is 33.5 Å². The van der Waals surface area contributed by atoms with Crippen molar-refractivity contribution in [3.8, 4) is 6.07 Å². The van der Waals surface area contributed by atoms with Crippen LogP contribution < -0.4 is 14.2 Å². The summed E-state index contributed by atoms with van der Waals surface area (Å²) in [6.45, 7) is 9.87. The second-order valence-corrected chi connectivity index (χ2v) is 22.3. The molecule has 0 amide bonds. The van der Waals surface area contributed by atoms with Crippen LogP contribution in [0.1, 0.15) is 103 Å². The summed E-state index contributed by atoms with van der Waals surface area (Å²) in [6, 6.07) is 12.0. The number of aromatic nitrogens is 8. The molecule has 44 heteroatoms. The van der Waals surface area contributed by atoms with Crippen LogP contribution in [0.25, 0.3) is 0 Å².